The summed E-state index contributed by atoms with van der Waals surface area (Å²) >= 11 is 0. The van der Waals surface area contributed by atoms with E-state index < -0.39 is 0 Å². The Morgan fingerprint density at radius 2 is 1.36 bits per heavy atom. The molecule has 0 spiro atoms. The molecular formula is C50H53BN4. The van der Waals surface area contributed by atoms with Crippen LogP contribution < -0.4 is 16.4 Å². The molecular weight excluding hydrogens is 667 g/mol. The first-order chi connectivity index (χ1) is 27.1. The van der Waals surface area contributed by atoms with Crippen LogP contribution in [0.1, 0.15) is 64.5 Å². The summed E-state index contributed by atoms with van der Waals surface area (Å²) in [6, 6.07) is 34.6. The highest BCUT2D eigenvalue weighted by molar-refractivity contribution is 7.00. The lowest BCUT2D eigenvalue weighted by Crippen LogP contribution is -2.49. The van der Waals surface area contributed by atoms with E-state index in [0.717, 1.165) is 35.9 Å². The Morgan fingerprint density at radius 3 is 2.00 bits per heavy atom. The third-order valence-electron chi connectivity index (χ3n) is 9.75. The normalized spacial score (nSPS) is 12.7. The smallest absolute Gasteiger partial charge is 0.243 e. The first kappa shape index (κ1) is 40.1. The van der Waals surface area contributed by atoms with Crippen molar-refractivity contribution in [2.45, 2.75) is 60.3 Å². The van der Waals surface area contributed by atoms with Crippen LogP contribution in [0.2, 0.25) is 0 Å². The van der Waals surface area contributed by atoms with Gasteiger partial charge >= 0.3 is 0 Å². The Balaban J connectivity index is 0.000000471. The van der Waals surface area contributed by atoms with Gasteiger partial charge in [-0.15, -0.1) is 0 Å². The average molecular weight is 721 g/mol. The van der Waals surface area contributed by atoms with Crippen LogP contribution in [0.15, 0.2) is 165 Å². The number of aromatic nitrogens is 4. The van der Waals surface area contributed by atoms with Gasteiger partial charge in [0.15, 0.2) is 11.6 Å². The lowest BCUT2D eigenvalue weighted by Gasteiger charge is -2.16. The van der Waals surface area contributed by atoms with Crippen LogP contribution >= 0.6 is 0 Å². The van der Waals surface area contributed by atoms with Crippen molar-refractivity contribution in [2.24, 2.45) is 0 Å². The molecule has 2 aliphatic rings. The molecule has 0 saturated carbocycles. The van der Waals surface area contributed by atoms with Gasteiger partial charge in [-0.1, -0.05) is 190 Å². The maximum atomic E-state index is 5.14. The Kier molecular flexibility index (Phi) is 14.5. The van der Waals surface area contributed by atoms with Crippen molar-refractivity contribution < 1.29 is 0 Å². The predicted octanol–water partition coefficient (Wildman–Crippen LogP) is 11.0. The van der Waals surface area contributed by atoms with Crippen LogP contribution in [0.3, 0.4) is 0 Å². The maximum absolute atomic E-state index is 5.14. The summed E-state index contributed by atoms with van der Waals surface area (Å²) in [5, 5.41) is 1.36. The van der Waals surface area contributed by atoms with E-state index in [1.165, 1.54) is 50.6 Å². The largest absolute Gasteiger partial charge is 0.282 e. The van der Waals surface area contributed by atoms with Crippen molar-refractivity contribution in [3.05, 3.63) is 182 Å². The fourth-order valence-corrected chi connectivity index (χ4v) is 7.37. The molecule has 1 aliphatic heterocycles. The Bertz CT molecular complexity index is 2320. The molecule has 4 nitrogen and oxygen atoms in total. The molecule has 4 aromatic carbocycles. The summed E-state index contributed by atoms with van der Waals surface area (Å²) in [5.74, 6) is 1.88. The molecule has 0 radical (unpaired) electrons. The Hall–Kier alpha value is -6.07. The molecule has 0 unspecified atom stereocenters. The van der Waals surface area contributed by atoms with Crippen molar-refractivity contribution in [1.82, 2.24) is 19.5 Å². The minimum atomic E-state index is 0.171. The van der Waals surface area contributed by atoms with E-state index in [4.69, 9.17) is 15.0 Å². The predicted molar refractivity (Wildman–Crippen MR) is 240 cm³/mol. The fourth-order valence-electron chi connectivity index (χ4n) is 7.37. The summed E-state index contributed by atoms with van der Waals surface area (Å²) < 4.78 is 2.32. The van der Waals surface area contributed by atoms with E-state index in [0.29, 0.717) is 17.6 Å². The third kappa shape index (κ3) is 8.52. The van der Waals surface area contributed by atoms with Gasteiger partial charge in [0, 0.05) is 16.8 Å². The third-order valence-corrected chi connectivity index (χ3v) is 9.75. The molecule has 0 saturated heterocycles. The van der Waals surface area contributed by atoms with E-state index in [-0.39, 0.29) is 6.71 Å². The van der Waals surface area contributed by atoms with Crippen LogP contribution in [0.25, 0.3) is 44.9 Å². The van der Waals surface area contributed by atoms with Gasteiger partial charge in [0.05, 0.1) is 5.52 Å². The number of rotatable bonds is 7. The van der Waals surface area contributed by atoms with Gasteiger partial charge in [0.2, 0.25) is 12.7 Å². The van der Waals surface area contributed by atoms with E-state index in [2.05, 4.69) is 91.0 Å². The molecule has 0 atom stereocenters. The molecule has 8 rings (SSSR count). The number of benzene rings is 4. The van der Waals surface area contributed by atoms with Crippen LogP contribution in [-0.2, 0) is 12.8 Å². The van der Waals surface area contributed by atoms with Crippen molar-refractivity contribution >= 4 is 39.6 Å². The number of allylic oxidation sites excluding steroid dienone is 9. The first-order valence-electron chi connectivity index (χ1n) is 19.5. The van der Waals surface area contributed by atoms with Gasteiger partial charge < -0.3 is 0 Å². The quantitative estimate of drug-likeness (QED) is 0.0935. The van der Waals surface area contributed by atoms with Crippen molar-refractivity contribution in [1.29, 1.82) is 0 Å². The zero-order valence-electron chi connectivity index (χ0n) is 33.2. The van der Waals surface area contributed by atoms with Crippen molar-refractivity contribution in [3.8, 4) is 28.5 Å². The highest BCUT2D eigenvalue weighted by Crippen LogP contribution is 2.37. The Morgan fingerprint density at radius 1 is 0.691 bits per heavy atom. The number of fused-ring (bicyclic) bond motifs is 7. The average Bonchev–Trinajstić information content (AvgIpc) is 3.77. The summed E-state index contributed by atoms with van der Waals surface area (Å²) in [6.07, 6.45) is 19.4. The number of hydrogen-bond donors (Lipinski definition) is 0. The highest BCUT2D eigenvalue weighted by atomic mass is 15.2. The van der Waals surface area contributed by atoms with Gasteiger partial charge in [-0.3, -0.25) is 4.57 Å². The van der Waals surface area contributed by atoms with E-state index in [9.17, 15) is 0 Å². The summed E-state index contributed by atoms with van der Waals surface area (Å²) in [6.45, 7) is 21.5. The first-order valence-corrected chi connectivity index (χ1v) is 19.5. The molecule has 0 N–H and O–H groups in total. The fraction of sp³-hybridized carbons (Fsp3) is 0.180. The summed E-state index contributed by atoms with van der Waals surface area (Å²) in [4.78, 5) is 15.2. The molecule has 0 fully saturated rings. The van der Waals surface area contributed by atoms with Gasteiger partial charge in [-0.05, 0) is 74.6 Å². The second-order valence-electron chi connectivity index (χ2n) is 13.0. The van der Waals surface area contributed by atoms with E-state index in [1.54, 1.807) is 18.2 Å². The van der Waals surface area contributed by atoms with Crippen LogP contribution in [-0.4, -0.2) is 26.2 Å². The number of aryl methyl sites for hydroxylation is 1. The molecule has 0 amide bonds. The second kappa shape index (κ2) is 19.9. The highest BCUT2D eigenvalue weighted by Gasteiger charge is 2.37. The van der Waals surface area contributed by atoms with Crippen LogP contribution in [0.4, 0.5) is 0 Å². The minimum Gasteiger partial charge on any atom is -0.282 e. The monoisotopic (exact) mass is 720 g/mol. The van der Waals surface area contributed by atoms with Crippen molar-refractivity contribution in [3.63, 3.8) is 0 Å². The van der Waals surface area contributed by atoms with Gasteiger partial charge in [0.1, 0.15) is 0 Å². The van der Waals surface area contributed by atoms with E-state index >= 15 is 0 Å². The minimum absolute atomic E-state index is 0.171. The molecule has 3 heterocycles. The van der Waals surface area contributed by atoms with Gasteiger partial charge in [-0.25, -0.2) is 4.98 Å². The van der Waals surface area contributed by atoms with Crippen LogP contribution in [0.5, 0.6) is 0 Å². The number of hydrogen-bond acceptors (Lipinski definition) is 3. The molecule has 2 aromatic heterocycles. The topological polar surface area (TPSA) is 43.6 Å². The molecule has 276 valence electrons. The molecule has 6 aromatic rings. The SMILES string of the molecule is C/C=C\C.C=C/C=C(\C=C)c1nc(-c2ccccc2)nc(-n2c3c(c4c5c(ccc42)-c2ccccc2B5c2ccccc2)CCCC3)n1.C=C/C=C\C.CC. The summed E-state index contributed by atoms with van der Waals surface area (Å²) in [5.41, 5.74) is 12.4. The van der Waals surface area contributed by atoms with Crippen LogP contribution in [0, 0.1) is 0 Å². The Labute approximate surface area is 329 Å². The van der Waals surface area contributed by atoms with Gasteiger partial charge in [-0.2, -0.15) is 9.97 Å². The van der Waals surface area contributed by atoms with E-state index in [1.807, 2.05) is 95.3 Å². The molecule has 1 aliphatic carbocycles. The zero-order valence-corrected chi connectivity index (χ0v) is 33.2. The molecule has 0 bridgehead atoms. The van der Waals surface area contributed by atoms with Gasteiger partial charge in [0.25, 0.3) is 0 Å². The molecule has 55 heavy (non-hydrogen) atoms. The zero-order chi connectivity index (χ0) is 39.2. The maximum Gasteiger partial charge on any atom is 0.243 e. The lowest BCUT2D eigenvalue weighted by atomic mass is 9.38. The molecule has 5 heteroatoms. The summed E-state index contributed by atoms with van der Waals surface area (Å²) in [7, 11) is 0. The second-order valence-corrected chi connectivity index (χ2v) is 13.0. The van der Waals surface area contributed by atoms with Crippen molar-refractivity contribution in [2.75, 3.05) is 0 Å². The lowest BCUT2D eigenvalue weighted by molar-refractivity contribution is 0.661. The number of nitrogens with zero attached hydrogens (tertiary/aromatic N) is 4. The standard InChI is InChI=1S/C39H31BN4.C5H8.C4H8.C2H6/c1-3-15-26(4-2)37-41-38(27-16-7-5-8-17-27)43-39(42-37)44-33-23-14-12-21-31(33)35-34(44)25-24-30-29-20-11-13-22-32(29)40(36(30)35)28-18-9-6-10-19-28;1-3-5-4-2;1-3-4-2;1-2/h3-11,13,15-20,22,24-25H,1-2,12,14,21,23H2;3-5H,1H2,2H3;3-4H,1-2H3;1-2H3/b26-15+;5-4-;4-3-;.